The van der Waals surface area contributed by atoms with Gasteiger partial charge in [0, 0.05) is 5.41 Å². The van der Waals surface area contributed by atoms with Gasteiger partial charge in [-0.05, 0) is 32.4 Å². The van der Waals surface area contributed by atoms with Crippen molar-refractivity contribution < 1.29 is 12.8 Å². The highest BCUT2D eigenvalue weighted by atomic mass is 35.5. The van der Waals surface area contributed by atoms with Crippen LogP contribution in [0.15, 0.2) is 21.4 Å². The molecule has 0 spiro atoms. The van der Waals surface area contributed by atoms with E-state index in [2.05, 4.69) is 4.98 Å². The molecular formula is C19H30ClNO3S. The van der Waals surface area contributed by atoms with Crippen LogP contribution < -0.4 is 0 Å². The fourth-order valence-electron chi connectivity index (χ4n) is 2.53. The van der Waals surface area contributed by atoms with Crippen molar-refractivity contribution >= 4 is 32.5 Å². The van der Waals surface area contributed by atoms with Gasteiger partial charge in [0.25, 0.3) is 0 Å². The molecule has 0 aliphatic carbocycles. The molecule has 6 heteroatoms. The van der Waals surface area contributed by atoms with Crippen LogP contribution in [-0.2, 0) is 15.3 Å². The molecule has 0 bridgehead atoms. The van der Waals surface area contributed by atoms with Crippen LogP contribution in [0.1, 0.15) is 74.1 Å². The minimum Gasteiger partial charge on any atom is -0.439 e. The van der Waals surface area contributed by atoms with E-state index in [-0.39, 0.29) is 20.9 Å². The zero-order chi connectivity index (χ0) is 19.6. The summed E-state index contributed by atoms with van der Waals surface area (Å²) < 4.78 is 31.2. The topological polar surface area (TPSA) is 60.2 Å². The Labute approximate surface area is 156 Å². The number of benzene rings is 1. The first-order valence-corrected chi connectivity index (χ1v) is 10.6. The molecule has 0 amide bonds. The van der Waals surface area contributed by atoms with E-state index in [4.69, 9.17) is 16.0 Å². The number of fused-ring (bicyclic) bond motifs is 1. The minimum atomic E-state index is -3.66. The number of nitrogens with zero attached hydrogens (tertiary/aromatic N) is 1. The summed E-state index contributed by atoms with van der Waals surface area (Å²) in [4.78, 5) is 4.49. The fourth-order valence-corrected chi connectivity index (χ4v) is 4.72. The van der Waals surface area contributed by atoms with Crippen LogP contribution in [0, 0.1) is 0 Å². The van der Waals surface area contributed by atoms with Crippen molar-refractivity contribution in [1.29, 1.82) is 0 Å². The average molecular weight is 388 g/mol. The average Bonchev–Trinajstić information content (AvgIpc) is 2.92. The van der Waals surface area contributed by atoms with Gasteiger partial charge in [0.05, 0.1) is 9.77 Å². The van der Waals surface area contributed by atoms with E-state index >= 15 is 0 Å². The summed E-state index contributed by atoms with van der Waals surface area (Å²) >= 11 is 6.25. The van der Waals surface area contributed by atoms with Gasteiger partial charge >= 0.3 is 0 Å². The Hall–Kier alpha value is -1.07. The van der Waals surface area contributed by atoms with Gasteiger partial charge in [-0.2, -0.15) is 0 Å². The first-order valence-electron chi connectivity index (χ1n) is 8.76. The number of oxazole rings is 1. The van der Waals surface area contributed by atoms with Crippen LogP contribution in [-0.4, -0.2) is 18.1 Å². The van der Waals surface area contributed by atoms with Crippen LogP contribution in [0.2, 0.25) is 5.02 Å². The molecule has 25 heavy (non-hydrogen) atoms. The zero-order valence-electron chi connectivity index (χ0n) is 16.5. The van der Waals surface area contributed by atoms with Crippen molar-refractivity contribution in [2.75, 3.05) is 0 Å². The summed E-state index contributed by atoms with van der Waals surface area (Å²) in [5.41, 5.74) is 0.461. The maximum atomic E-state index is 13.2. The predicted octanol–water partition coefficient (Wildman–Crippen LogP) is 6.16. The maximum Gasteiger partial charge on any atom is 0.200 e. The molecule has 0 unspecified atom stereocenters. The molecule has 0 aliphatic heterocycles. The molecule has 1 aromatic heterocycles. The van der Waals surface area contributed by atoms with Crippen LogP contribution >= 0.6 is 11.6 Å². The molecule has 0 fully saturated rings. The number of sulfone groups is 1. The Morgan fingerprint density at radius 1 is 1.12 bits per heavy atom. The van der Waals surface area contributed by atoms with E-state index in [0.717, 1.165) is 6.42 Å². The fraction of sp³-hybridized carbons (Fsp3) is 0.632. The van der Waals surface area contributed by atoms with Gasteiger partial charge in [0.1, 0.15) is 10.4 Å². The third-order valence-corrected chi connectivity index (χ3v) is 6.98. The second kappa shape index (κ2) is 7.67. The van der Waals surface area contributed by atoms with Gasteiger partial charge < -0.3 is 4.42 Å². The van der Waals surface area contributed by atoms with Crippen molar-refractivity contribution in [3.05, 3.63) is 23.0 Å². The van der Waals surface area contributed by atoms with Crippen LogP contribution in [0.3, 0.4) is 0 Å². The Bertz CT molecular complexity index is 830. The number of rotatable bonds is 4. The van der Waals surface area contributed by atoms with Gasteiger partial charge in [0.15, 0.2) is 15.4 Å². The van der Waals surface area contributed by atoms with Crippen molar-refractivity contribution in [3.63, 3.8) is 0 Å². The van der Waals surface area contributed by atoms with Gasteiger partial charge in [-0.3, -0.25) is 0 Å². The molecule has 0 aliphatic rings. The zero-order valence-corrected chi connectivity index (χ0v) is 18.1. The summed E-state index contributed by atoms with van der Waals surface area (Å²) in [7, 11) is -3.66. The molecule has 4 nitrogen and oxygen atoms in total. The van der Waals surface area contributed by atoms with Crippen LogP contribution in [0.25, 0.3) is 11.1 Å². The highest BCUT2D eigenvalue weighted by Crippen LogP contribution is 2.39. The van der Waals surface area contributed by atoms with E-state index in [1.54, 1.807) is 26.0 Å². The van der Waals surface area contributed by atoms with Gasteiger partial charge in [0.2, 0.25) is 5.89 Å². The number of aromatic nitrogens is 1. The number of hydrogen-bond acceptors (Lipinski definition) is 4. The van der Waals surface area contributed by atoms with Crippen molar-refractivity contribution in [3.8, 4) is 0 Å². The predicted molar refractivity (Wildman–Crippen MR) is 105 cm³/mol. The molecular weight excluding hydrogens is 358 g/mol. The highest BCUT2D eigenvalue weighted by Gasteiger charge is 2.39. The quantitative estimate of drug-likeness (QED) is 0.630. The lowest BCUT2D eigenvalue weighted by atomic mass is 9.97. The van der Waals surface area contributed by atoms with E-state index in [1.807, 2.05) is 41.5 Å². The summed E-state index contributed by atoms with van der Waals surface area (Å²) in [6, 6.07) is 3.27. The smallest absolute Gasteiger partial charge is 0.200 e. The van der Waals surface area contributed by atoms with E-state index in [9.17, 15) is 8.42 Å². The van der Waals surface area contributed by atoms with E-state index in [0.29, 0.717) is 17.8 Å². The van der Waals surface area contributed by atoms with Crippen molar-refractivity contribution in [2.24, 2.45) is 0 Å². The van der Waals surface area contributed by atoms with Crippen molar-refractivity contribution in [1.82, 2.24) is 4.98 Å². The monoisotopic (exact) mass is 387 g/mol. The van der Waals surface area contributed by atoms with Crippen LogP contribution in [0.5, 0.6) is 0 Å². The Morgan fingerprint density at radius 2 is 1.68 bits per heavy atom. The number of halogens is 1. The second-order valence-electron chi connectivity index (χ2n) is 7.51. The van der Waals surface area contributed by atoms with Crippen LogP contribution in [0.4, 0.5) is 0 Å². The molecule has 0 saturated carbocycles. The van der Waals surface area contributed by atoms with E-state index < -0.39 is 14.6 Å². The first kappa shape index (κ1) is 22.0. The lowest BCUT2D eigenvalue weighted by molar-refractivity contribution is 0.408. The molecule has 0 atom stereocenters. The molecule has 0 N–H and O–H groups in total. The molecule has 0 radical (unpaired) electrons. The maximum absolute atomic E-state index is 13.2. The SMILES string of the molecule is CC.CCCC(C)(C)S(=O)(=O)c1c(Cl)ccc2nc(C(C)(C)C)oc12. The molecule has 1 heterocycles. The summed E-state index contributed by atoms with van der Waals surface area (Å²) in [6.45, 7) is 15.3. The molecule has 0 saturated heterocycles. The first-order chi connectivity index (χ1) is 11.4. The third kappa shape index (κ3) is 4.20. The Morgan fingerprint density at radius 3 is 2.16 bits per heavy atom. The van der Waals surface area contributed by atoms with Crippen molar-refractivity contribution in [2.45, 2.75) is 83.3 Å². The molecule has 142 valence electrons. The van der Waals surface area contributed by atoms with Gasteiger partial charge in [-0.1, -0.05) is 59.6 Å². The lowest BCUT2D eigenvalue weighted by Gasteiger charge is -2.24. The molecule has 2 aromatic rings. The normalized spacial score (nSPS) is 12.8. The standard InChI is InChI=1S/C17H24ClNO3S.C2H6/c1-7-10-17(5,6)23(20,21)14-11(18)8-9-12-13(14)22-15(19-12)16(2,3)4;1-2/h8-9H,7,10H2,1-6H3;1-2H3. The Balaban J connectivity index is 0.00000151. The number of hydrogen-bond donors (Lipinski definition) is 0. The third-order valence-electron chi connectivity index (χ3n) is 3.95. The van der Waals surface area contributed by atoms with Gasteiger partial charge in [-0.25, -0.2) is 13.4 Å². The summed E-state index contributed by atoms with van der Waals surface area (Å²) in [6.07, 6.45) is 1.31. The van der Waals surface area contributed by atoms with E-state index in [1.165, 1.54) is 0 Å². The second-order valence-corrected chi connectivity index (χ2v) is 10.4. The summed E-state index contributed by atoms with van der Waals surface area (Å²) in [5, 5.41) is 0.179. The highest BCUT2D eigenvalue weighted by molar-refractivity contribution is 7.93. The molecule has 2 rings (SSSR count). The molecule has 1 aromatic carbocycles. The largest absolute Gasteiger partial charge is 0.439 e. The minimum absolute atomic E-state index is 0.0538. The summed E-state index contributed by atoms with van der Waals surface area (Å²) in [5.74, 6) is 0.500. The van der Waals surface area contributed by atoms with Gasteiger partial charge in [-0.15, -0.1) is 0 Å². The lowest BCUT2D eigenvalue weighted by Crippen LogP contribution is -2.32. The Kier molecular flexibility index (Phi) is 6.74.